The Morgan fingerprint density at radius 1 is 1.38 bits per heavy atom. The van der Waals surface area contributed by atoms with Crippen molar-refractivity contribution in [2.75, 3.05) is 7.05 Å². The topological polar surface area (TPSA) is 29.9 Å². The first-order valence-electron chi connectivity index (χ1n) is 7.22. The molecule has 0 radical (unpaired) electrons. The molecule has 2 rings (SSSR count). The number of rotatable bonds is 6. The fourth-order valence-electron chi connectivity index (χ4n) is 2.29. The Hall–Kier alpha value is -1.39. The van der Waals surface area contributed by atoms with Gasteiger partial charge in [0.05, 0.1) is 10.7 Å². The summed E-state index contributed by atoms with van der Waals surface area (Å²) in [5.41, 5.74) is 1.51. The number of nitrogens with one attached hydrogen (secondary N) is 1. The predicted molar refractivity (Wildman–Crippen MR) is 84.1 cm³/mol. The highest BCUT2D eigenvalue weighted by Crippen LogP contribution is 2.25. The standard InChI is InChI=1S/C16H21ClFN3/c1-4-11(2)21-9-8-12(20-21)10-15(19-3)13-6-5-7-14(17)16(13)18/h5-9,11,15,19H,4,10H2,1-3H3. The molecule has 114 valence electrons. The van der Waals surface area contributed by atoms with Crippen molar-refractivity contribution in [2.24, 2.45) is 0 Å². The Kier molecular flexibility index (Phi) is 5.37. The van der Waals surface area contributed by atoms with Crippen LogP contribution in [0.5, 0.6) is 0 Å². The molecule has 0 aliphatic rings. The second-order valence-electron chi connectivity index (χ2n) is 5.23. The fraction of sp³-hybridized carbons (Fsp3) is 0.438. The maximum atomic E-state index is 14.1. The van der Waals surface area contributed by atoms with E-state index < -0.39 is 0 Å². The van der Waals surface area contributed by atoms with E-state index in [9.17, 15) is 4.39 Å². The van der Waals surface area contributed by atoms with Crippen molar-refractivity contribution in [1.29, 1.82) is 0 Å². The molecule has 0 aliphatic carbocycles. The summed E-state index contributed by atoms with van der Waals surface area (Å²) in [5, 5.41) is 7.86. The summed E-state index contributed by atoms with van der Waals surface area (Å²) >= 11 is 5.86. The normalized spacial score (nSPS) is 14.1. The van der Waals surface area contributed by atoms with Crippen LogP contribution in [0.4, 0.5) is 4.39 Å². The number of benzene rings is 1. The molecule has 0 saturated carbocycles. The molecule has 0 amide bonds. The van der Waals surface area contributed by atoms with E-state index >= 15 is 0 Å². The summed E-state index contributed by atoms with van der Waals surface area (Å²) in [5.74, 6) is -0.361. The van der Waals surface area contributed by atoms with Crippen LogP contribution in [-0.2, 0) is 6.42 Å². The SMILES string of the molecule is CCC(C)n1ccc(CC(NC)c2cccc(Cl)c2F)n1. The van der Waals surface area contributed by atoms with Crippen LogP contribution in [-0.4, -0.2) is 16.8 Å². The van der Waals surface area contributed by atoms with Crippen molar-refractivity contribution in [2.45, 2.75) is 38.8 Å². The molecule has 2 atom stereocenters. The Bertz CT molecular complexity index is 597. The molecule has 1 heterocycles. The quantitative estimate of drug-likeness (QED) is 0.868. The molecule has 3 nitrogen and oxygen atoms in total. The summed E-state index contributed by atoms with van der Waals surface area (Å²) < 4.78 is 16.1. The van der Waals surface area contributed by atoms with Gasteiger partial charge in [-0.15, -0.1) is 0 Å². The van der Waals surface area contributed by atoms with Gasteiger partial charge in [0.15, 0.2) is 0 Å². The minimum atomic E-state index is -0.361. The number of halogens is 2. The maximum absolute atomic E-state index is 14.1. The lowest BCUT2D eigenvalue weighted by Crippen LogP contribution is -2.20. The van der Waals surface area contributed by atoms with Gasteiger partial charge in [-0.25, -0.2) is 4.39 Å². The zero-order chi connectivity index (χ0) is 15.4. The van der Waals surface area contributed by atoms with Crippen LogP contribution in [0.1, 0.15) is 43.6 Å². The van der Waals surface area contributed by atoms with Gasteiger partial charge in [-0.05, 0) is 32.5 Å². The van der Waals surface area contributed by atoms with Crippen LogP contribution < -0.4 is 5.32 Å². The second-order valence-corrected chi connectivity index (χ2v) is 5.64. The molecule has 1 aromatic carbocycles. The summed E-state index contributed by atoms with van der Waals surface area (Å²) in [6.07, 6.45) is 3.63. The lowest BCUT2D eigenvalue weighted by Gasteiger charge is -2.17. The zero-order valence-electron chi connectivity index (χ0n) is 12.6. The van der Waals surface area contributed by atoms with Gasteiger partial charge in [0.25, 0.3) is 0 Å². The zero-order valence-corrected chi connectivity index (χ0v) is 13.4. The fourth-order valence-corrected chi connectivity index (χ4v) is 2.47. The maximum Gasteiger partial charge on any atom is 0.146 e. The van der Waals surface area contributed by atoms with E-state index in [1.165, 1.54) is 0 Å². The van der Waals surface area contributed by atoms with Crippen LogP contribution in [0, 0.1) is 5.82 Å². The molecule has 21 heavy (non-hydrogen) atoms. The first-order chi connectivity index (χ1) is 10.1. The molecule has 0 aliphatic heterocycles. The molecule has 1 aromatic heterocycles. The van der Waals surface area contributed by atoms with E-state index in [-0.39, 0.29) is 16.9 Å². The average molecular weight is 310 g/mol. The summed E-state index contributed by atoms with van der Waals surface area (Å²) in [6.45, 7) is 4.26. The predicted octanol–water partition coefficient (Wildman–Crippen LogP) is 4.15. The highest BCUT2D eigenvalue weighted by atomic mass is 35.5. The monoisotopic (exact) mass is 309 g/mol. The highest BCUT2D eigenvalue weighted by molar-refractivity contribution is 6.30. The summed E-state index contributed by atoms with van der Waals surface area (Å²) in [6, 6.07) is 7.29. The van der Waals surface area contributed by atoms with E-state index in [2.05, 4.69) is 24.3 Å². The average Bonchev–Trinajstić information content (AvgIpc) is 2.95. The van der Waals surface area contributed by atoms with Crippen molar-refractivity contribution >= 4 is 11.6 Å². The Balaban J connectivity index is 2.19. The van der Waals surface area contributed by atoms with Crippen molar-refractivity contribution in [3.05, 3.63) is 52.6 Å². The van der Waals surface area contributed by atoms with Gasteiger partial charge in [0.2, 0.25) is 0 Å². The third kappa shape index (κ3) is 3.63. The Morgan fingerprint density at radius 3 is 2.81 bits per heavy atom. The molecule has 5 heteroatoms. The molecule has 0 spiro atoms. The van der Waals surface area contributed by atoms with Gasteiger partial charge in [-0.1, -0.05) is 30.7 Å². The van der Waals surface area contributed by atoms with Crippen LogP contribution in [0.25, 0.3) is 0 Å². The number of hydrogen-bond acceptors (Lipinski definition) is 2. The van der Waals surface area contributed by atoms with Gasteiger partial charge in [0.1, 0.15) is 5.82 Å². The molecule has 0 fully saturated rings. The summed E-state index contributed by atoms with van der Waals surface area (Å²) in [4.78, 5) is 0. The van der Waals surface area contributed by atoms with Gasteiger partial charge in [-0.2, -0.15) is 5.10 Å². The van der Waals surface area contributed by atoms with Crippen LogP contribution in [0.15, 0.2) is 30.5 Å². The second kappa shape index (κ2) is 7.05. The number of likely N-dealkylation sites (N-methyl/N-ethyl adjacent to an activating group) is 1. The Morgan fingerprint density at radius 2 is 2.14 bits per heavy atom. The molecule has 2 unspecified atom stereocenters. The van der Waals surface area contributed by atoms with Crippen LogP contribution >= 0.6 is 11.6 Å². The molecule has 0 saturated heterocycles. The highest BCUT2D eigenvalue weighted by Gasteiger charge is 2.18. The van der Waals surface area contributed by atoms with Crippen molar-refractivity contribution in [3.8, 4) is 0 Å². The van der Waals surface area contributed by atoms with Crippen molar-refractivity contribution < 1.29 is 4.39 Å². The van der Waals surface area contributed by atoms with E-state index in [0.29, 0.717) is 18.0 Å². The molecule has 0 bridgehead atoms. The molecular formula is C16H21ClFN3. The third-order valence-electron chi connectivity index (χ3n) is 3.82. The smallest absolute Gasteiger partial charge is 0.146 e. The van der Waals surface area contributed by atoms with Crippen molar-refractivity contribution in [1.82, 2.24) is 15.1 Å². The van der Waals surface area contributed by atoms with E-state index in [1.54, 1.807) is 18.2 Å². The van der Waals surface area contributed by atoms with Gasteiger partial charge < -0.3 is 5.32 Å². The van der Waals surface area contributed by atoms with E-state index in [4.69, 9.17) is 11.6 Å². The van der Waals surface area contributed by atoms with E-state index in [0.717, 1.165) is 12.1 Å². The largest absolute Gasteiger partial charge is 0.313 e. The molecular weight excluding hydrogens is 289 g/mol. The third-order valence-corrected chi connectivity index (χ3v) is 4.12. The molecule has 2 aromatic rings. The van der Waals surface area contributed by atoms with Gasteiger partial charge >= 0.3 is 0 Å². The van der Waals surface area contributed by atoms with Gasteiger partial charge in [0, 0.05) is 30.3 Å². The number of aromatic nitrogens is 2. The lowest BCUT2D eigenvalue weighted by molar-refractivity contribution is 0.467. The van der Waals surface area contributed by atoms with Crippen molar-refractivity contribution in [3.63, 3.8) is 0 Å². The minimum Gasteiger partial charge on any atom is -0.313 e. The molecule has 1 N–H and O–H groups in total. The minimum absolute atomic E-state index is 0.149. The number of hydrogen-bond donors (Lipinski definition) is 1. The first-order valence-corrected chi connectivity index (χ1v) is 7.59. The Labute approximate surface area is 130 Å². The first kappa shape index (κ1) is 16.0. The van der Waals surface area contributed by atoms with Crippen LogP contribution in [0.2, 0.25) is 5.02 Å². The number of nitrogens with zero attached hydrogens (tertiary/aromatic N) is 2. The van der Waals surface area contributed by atoms with Gasteiger partial charge in [-0.3, -0.25) is 4.68 Å². The van der Waals surface area contributed by atoms with E-state index in [1.807, 2.05) is 24.0 Å². The lowest BCUT2D eigenvalue weighted by atomic mass is 10.0. The summed E-state index contributed by atoms with van der Waals surface area (Å²) in [7, 11) is 1.82. The van der Waals surface area contributed by atoms with Crippen LogP contribution in [0.3, 0.4) is 0 Å².